The molecule has 0 amide bonds. The van der Waals surface area contributed by atoms with E-state index in [4.69, 9.17) is 0 Å². The molecule has 1 fully saturated rings. The van der Waals surface area contributed by atoms with Gasteiger partial charge in [0.05, 0.1) is 12.1 Å². The molecule has 0 aliphatic heterocycles. The summed E-state index contributed by atoms with van der Waals surface area (Å²) >= 11 is 0. The van der Waals surface area contributed by atoms with E-state index in [0.717, 1.165) is 35.9 Å². The molecule has 0 bridgehead atoms. The smallest absolute Gasteiger partial charge is 0.113 e. The van der Waals surface area contributed by atoms with Crippen molar-refractivity contribution in [3.8, 4) is 0 Å². The molecule has 0 saturated heterocycles. The minimum atomic E-state index is -0.403. The summed E-state index contributed by atoms with van der Waals surface area (Å²) in [6.07, 6.45) is 2.45. The molecular weight excluding hydrogens is 262 g/mol. The van der Waals surface area contributed by atoms with Gasteiger partial charge in [0, 0.05) is 0 Å². The van der Waals surface area contributed by atoms with E-state index in [9.17, 15) is 5.11 Å². The SMILES string of the molecule is C=C(C)CC1CC(C)CC(n2nc3ccccc3n2)C1O. The lowest BCUT2D eigenvalue weighted by atomic mass is 9.75. The summed E-state index contributed by atoms with van der Waals surface area (Å²) in [6, 6.07) is 7.81. The van der Waals surface area contributed by atoms with Crippen LogP contribution in [0.25, 0.3) is 11.0 Å². The average Bonchev–Trinajstić information content (AvgIpc) is 2.85. The first-order valence-electron chi connectivity index (χ1n) is 7.68. The van der Waals surface area contributed by atoms with Gasteiger partial charge in [-0.3, -0.25) is 0 Å². The van der Waals surface area contributed by atoms with Crippen LogP contribution in [-0.4, -0.2) is 26.2 Å². The molecule has 4 unspecified atom stereocenters. The average molecular weight is 285 g/mol. The van der Waals surface area contributed by atoms with Gasteiger partial charge in [-0.25, -0.2) is 0 Å². The van der Waals surface area contributed by atoms with Crippen LogP contribution in [0.5, 0.6) is 0 Å². The first-order chi connectivity index (χ1) is 10.0. The van der Waals surface area contributed by atoms with Gasteiger partial charge in [0.2, 0.25) is 0 Å². The molecule has 0 spiro atoms. The van der Waals surface area contributed by atoms with Gasteiger partial charge in [-0.1, -0.05) is 24.6 Å². The Hall–Kier alpha value is -1.68. The van der Waals surface area contributed by atoms with Crippen LogP contribution >= 0.6 is 0 Å². The zero-order valence-corrected chi connectivity index (χ0v) is 12.7. The summed E-state index contributed by atoms with van der Waals surface area (Å²) in [7, 11) is 0. The van der Waals surface area contributed by atoms with Crippen LogP contribution in [0.3, 0.4) is 0 Å². The largest absolute Gasteiger partial charge is 0.391 e. The highest BCUT2D eigenvalue weighted by Gasteiger charge is 2.37. The van der Waals surface area contributed by atoms with Crippen LogP contribution in [0, 0.1) is 11.8 Å². The lowest BCUT2D eigenvalue weighted by Crippen LogP contribution is -2.39. The van der Waals surface area contributed by atoms with E-state index in [1.54, 1.807) is 4.80 Å². The Morgan fingerprint density at radius 1 is 1.29 bits per heavy atom. The minimum absolute atomic E-state index is 0.0366. The maximum Gasteiger partial charge on any atom is 0.113 e. The number of aliphatic hydroxyl groups is 1. The number of allylic oxidation sites excluding steroid dienone is 1. The molecule has 1 aromatic heterocycles. The van der Waals surface area contributed by atoms with Crippen molar-refractivity contribution in [2.45, 2.75) is 45.3 Å². The monoisotopic (exact) mass is 285 g/mol. The quantitative estimate of drug-likeness (QED) is 0.880. The summed E-state index contributed by atoms with van der Waals surface area (Å²) < 4.78 is 0. The lowest BCUT2D eigenvalue weighted by molar-refractivity contribution is -0.00389. The number of benzene rings is 1. The van der Waals surface area contributed by atoms with Gasteiger partial charge < -0.3 is 5.11 Å². The van der Waals surface area contributed by atoms with Gasteiger partial charge in [0.1, 0.15) is 11.0 Å². The molecule has 4 atom stereocenters. The van der Waals surface area contributed by atoms with Crippen molar-refractivity contribution >= 4 is 11.0 Å². The van der Waals surface area contributed by atoms with E-state index < -0.39 is 6.10 Å². The fourth-order valence-electron chi connectivity index (χ4n) is 3.53. The van der Waals surface area contributed by atoms with E-state index in [1.807, 2.05) is 31.2 Å². The van der Waals surface area contributed by atoms with Crippen molar-refractivity contribution in [2.24, 2.45) is 11.8 Å². The van der Waals surface area contributed by atoms with Crippen LogP contribution < -0.4 is 0 Å². The van der Waals surface area contributed by atoms with Gasteiger partial charge in [0.15, 0.2) is 0 Å². The Bertz CT molecular complexity index is 615. The molecule has 4 nitrogen and oxygen atoms in total. The molecule has 112 valence electrons. The fraction of sp³-hybridized carbons (Fsp3) is 0.529. The van der Waals surface area contributed by atoms with Crippen molar-refractivity contribution in [1.29, 1.82) is 0 Å². The highest BCUT2D eigenvalue weighted by Crippen LogP contribution is 2.38. The van der Waals surface area contributed by atoms with E-state index in [-0.39, 0.29) is 12.0 Å². The van der Waals surface area contributed by atoms with Crippen LogP contribution in [-0.2, 0) is 0 Å². The van der Waals surface area contributed by atoms with Crippen molar-refractivity contribution in [3.63, 3.8) is 0 Å². The number of fused-ring (bicyclic) bond motifs is 1. The number of aliphatic hydroxyl groups excluding tert-OH is 1. The second kappa shape index (κ2) is 5.60. The third-order valence-corrected chi connectivity index (χ3v) is 4.44. The zero-order valence-electron chi connectivity index (χ0n) is 12.7. The van der Waals surface area contributed by atoms with Gasteiger partial charge >= 0.3 is 0 Å². The molecule has 1 saturated carbocycles. The Morgan fingerprint density at radius 2 is 1.90 bits per heavy atom. The lowest BCUT2D eigenvalue weighted by Gasteiger charge is -2.37. The number of hydrogen-bond acceptors (Lipinski definition) is 3. The van der Waals surface area contributed by atoms with E-state index in [2.05, 4.69) is 23.7 Å². The molecular formula is C17H23N3O. The molecule has 1 aliphatic carbocycles. The number of nitrogens with zero attached hydrogens (tertiary/aromatic N) is 3. The molecule has 1 N–H and O–H groups in total. The van der Waals surface area contributed by atoms with Crippen LogP contribution in [0.15, 0.2) is 36.4 Å². The first-order valence-corrected chi connectivity index (χ1v) is 7.68. The second-order valence-electron chi connectivity index (χ2n) is 6.56. The fourth-order valence-corrected chi connectivity index (χ4v) is 3.53. The van der Waals surface area contributed by atoms with Gasteiger partial charge in [-0.15, -0.1) is 6.58 Å². The topological polar surface area (TPSA) is 50.9 Å². The Labute approximate surface area is 125 Å². The van der Waals surface area contributed by atoms with E-state index in [0.29, 0.717) is 5.92 Å². The van der Waals surface area contributed by atoms with Crippen LogP contribution in [0.1, 0.15) is 39.2 Å². The van der Waals surface area contributed by atoms with E-state index >= 15 is 0 Å². The van der Waals surface area contributed by atoms with Crippen molar-refractivity contribution in [3.05, 3.63) is 36.4 Å². The summed E-state index contributed by atoms with van der Waals surface area (Å²) in [4.78, 5) is 1.73. The standard InChI is InChI=1S/C17H23N3O/c1-11(2)8-13-9-12(3)10-16(17(13)21)20-18-14-6-4-5-7-15(14)19-20/h4-7,12-13,16-17,21H,1,8-10H2,2-3H3. The maximum atomic E-state index is 10.7. The number of hydrogen-bond donors (Lipinski definition) is 1. The predicted octanol–water partition coefficient (Wildman–Crippen LogP) is 3.35. The molecule has 2 aromatic rings. The Morgan fingerprint density at radius 3 is 2.48 bits per heavy atom. The molecule has 1 heterocycles. The molecule has 4 heteroatoms. The third kappa shape index (κ3) is 2.86. The molecule has 1 aliphatic rings. The maximum absolute atomic E-state index is 10.7. The summed E-state index contributed by atoms with van der Waals surface area (Å²) in [5.74, 6) is 0.822. The normalized spacial score (nSPS) is 29.7. The van der Waals surface area contributed by atoms with E-state index in [1.165, 1.54) is 0 Å². The predicted molar refractivity (Wildman–Crippen MR) is 83.9 cm³/mol. The highest BCUT2D eigenvalue weighted by molar-refractivity contribution is 5.72. The number of rotatable bonds is 3. The molecule has 3 rings (SSSR count). The van der Waals surface area contributed by atoms with Gasteiger partial charge in [0.25, 0.3) is 0 Å². The summed E-state index contributed by atoms with van der Waals surface area (Å²) in [5, 5.41) is 19.8. The van der Waals surface area contributed by atoms with Gasteiger partial charge in [-0.2, -0.15) is 15.0 Å². The van der Waals surface area contributed by atoms with Gasteiger partial charge in [-0.05, 0) is 50.2 Å². The summed E-state index contributed by atoms with van der Waals surface area (Å²) in [5.41, 5.74) is 2.91. The Balaban J connectivity index is 1.90. The van der Waals surface area contributed by atoms with Crippen molar-refractivity contribution < 1.29 is 5.11 Å². The summed E-state index contributed by atoms with van der Waals surface area (Å²) in [6.45, 7) is 8.26. The minimum Gasteiger partial charge on any atom is -0.391 e. The zero-order chi connectivity index (χ0) is 15.0. The first kappa shape index (κ1) is 14.3. The van der Waals surface area contributed by atoms with Crippen LogP contribution in [0.4, 0.5) is 0 Å². The highest BCUT2D eigenvalue weighted by atomic mass is 16.3. The number of aromatic nitrogens is 3. The molecule has 0 radical (unpaired) electrons. The molecule has 21 heavy (non-hydrogen) atoms. The van der Waals surface area contributed by atoms with Crippen LogP contribution in [0.2, 0.25) is 0 Å². The molecule has 1 aromatic carbocycles. The second-order valence-corrected chi connectivity index (χ2v) is 6.56. The van der Waals surface area contributed by atoms with Crippen molar-refractivity contribution in [2.75, 3.05) is 0 Å². The van der Waals surface area contributed by atoms with Crippen molar-refractivity contribution in [1.82, 2.24) is 15.0 Å². The Kier molecular flexibility index (Phi) is 3.81. The third-order valence-electron chi connectivity index (χ3n) is 4.44.